The predicted octanol–water partition coefficient (Wildman–Crippen LogP) is 0.223. The Bertz CT molecular complexity index is 351. The minimum atomic E-state index is -0.782. The molecule has 3 aliphatic rings. The Labute approximate surface area is 63.0 Å². The van der Waals surface area contributed by atoms with Crippen LogP contribution in [0.25, 0.3) is 0 Å². The molecule has 3 rings (SSSR count). The number of allylic oxidation sites excluding steroid dienone is 1. The van der Waals surface area contributed by atoms with Crippen molar-refractivity contribution in [2.75, 3.05) is 0 Å². The summed E-state index contributed by atoms with van der Waals surface area (Å²) in [5.74, 6) is 0.693. The summed E-state index contributed by atoms with van der Waals surface area (Å²) in [5.41, 5.74) is 0.134. The number of nitrogens with one attached hydrogen (secondary N) is 1. The Morgan fingerprint density at radius 1 is 1.55 bits per heavy atom. The number of rotatable bonds is 0. The molecule has 1 spiro atoms. The fourth-order valence-corrected chi connectivity index (χ4v) is 1.60. The van der Waals surface area contributed by atoms with Gasteiger partial charge in [0, 0.05) is 11.8 Å². The number of carbonyl (C=O) groups is 1. The first-order chi connectivity index (χ1) is 5.31. The van der Waals surface area contributed by atoms with Crippen LogP contribution < -0.4 is 5.32 Å². The van der Waals surface area contributed by atoms with Crippen LogP contribution >= 0.6 is 0 Å². The van der Waals surface area contributed by atoms with Gasteiger partial charge in [-0.05, 0) is 18.2 Å². The first-order valence-electron chi connectivity index (χ1n) is 3.43. The topological polar surface area (TPSA) is 38.3 Å². The third kappa shape index (κ3) is 0.385. The normalized spacial score (nSPS) is 36.2. The first kappa shape index (κ1) is 5.18. The summed E-state index contributed by atoms with van der Waals surface area (Å²) in [6, 6.07) is 0. The second-order valence-electron chi connectivity index (χ2n) is 2.79. The van der Waals surface area contributed by atoms with Crippen LogP contribution in [0.15, 0.2) is 35.8 Å². The molecule has 0 fully saturated rings. The van der Waals surface area contributed by atoms with E-state index in [0.29, 0.717) is 0 Å². The van der Waals surface area contributed by atoms with Crippen LogP contribution in [0.2, 0.25) is 0 Å². The van der Waals surface area contributed by atoms with Gasteiger partial charge in [0.1, 0.15) is 5.76 Å². The highest BCUT2D eigenvalue weighted by atomic mass is 16.5. The number of hydrogen-bond donors (Lipinski definition) is 1. The van der Waals surface area contributed by atoms with E-state index < -0.39 is 5.60 Å². The molecule has 11 heavy (non-hydrogen) atoms. The molecule has 0 aromatic carbocycles. The molecule has 0 radical (unpaired) electrons. The van der Waals surface area contributed by atoms with Crippen LogP contribution in [0.1, 0.15) is 0 Å². The highest BCUT2D eigenvalue weighted by Gasteiger charge is 2.51. The van der Waals surface area contributed by atoms with E-state index in [1.807, 2.05) is 12.2 Å². The Kier molecular flexibility index (Phi) is 0.591. The average Bonchev–Trinajstić information content (AvgIpc) is 2.62. The Morgan fingerprint density at radius 2 is 2.45 bits per heavy atom. The number of carbonyl (C=O) groups excluding carboxylic acids is 1. The summed E-state index contributed by atoms with van der Waals surface area (Å²) in [7, 11) is 0. The van der Waals surface area contributed by atoms with Crippen LogP contribution in [-0.2, 0) is 9.53 Å². The molecule has 0 aromatic heterocycles. The van der Waals surface area contributed by atoms with Gasteiger partial charge in [-0.15, -0.1) is 0 Å². The summed E-state index contributed by atoms with van der Waals surface area (Å²) >= 11 is 0. The monoisotopic (exact) mass is 147 g/mol. The van der Waals surface area contributed by atoms with Crippen molar-refractivity contribution >= 4 is 5.91 Å². The van der Waals surface area contributed by atoms with Gasteiger partial charge in [-0.25, -0.2) is 0 Å². The second kappa shape index (κ2) is 1.25. The number of hydrogen-bond acceptors (Lipinski definition) is 2. The molecule has 1 amide bonds. The van der Waals surface area contributed by atoms with E-state index in [1.165, 1.54) is 0 Å². The maximum Gasteiger partial charge on any atom is 0.277 e. The van der Waals surface area contributed by atoms with E-state index in [2.05, 4.69) is 5.32 Å². The largest absolute Gasteiger partial charge is 0.468 e. The maximum absolute atomic E-state index is 11.3. The van der Waals surface area contributed by atoms with Crippen molar-refractivity contribution in [1.82, 2.24) is 5.32 Å². The molecular formula is C8H5NO2. The Morgan fingerprint density at radius 3 is 3.18 bits per heavy atom. The van der Waals surface area contributed by atoms with Crippen LogP contribution in [-0.4, -0.2) is 11.5 Å². The lowest BCUT2D eigenvalue weighted by molar-refractivity contribution is -0.129. The van der Waals surface area contributed by atoms with Crippen LogP contribution in [0.3, 0.4) is 0 Å². The van der Waals surface area contributed by atoms with Crippen molar-refractivity contribution < 1.29 is 9.53 Å². The lowest BCUT2D eigenvalue weighted by Crippen LogP contribution is -2.37. The van der Waals surface area contributed by atoms with E-state index in [-0.39, 0.29) is 5.91 Å². The minimum Gasteiger partial charge on any atom is -0.468 e. The van der Waals surface area contributed by atoms with Gasteiger partial charge in [0.15, 0.2) is 0 Å². The van der Waals surface area contributed by atoms with Gasteiger partial charge >= 0.3 is 0 Å². The van der Waals surface area contributed by atoms with Crippen molar-refractivity contribution in [3.05, 3.63) is 35.8 Å². The van der Waals surface area contributed by atoms with E-state index >= 15 is 0 Å². The standard InChI is InChI=1S/C8H5NO2/c10-7-8-2-1-6(11-8)3-5(8)4-9-7/h1-4H,(H,9,10). The van der Waals surface area contributed by atoms with Gasteiger partial charge in [0.2, 0.25) is 5.60 Å². The number of ether oxygens (including phenoxy) is 1. The van der Waals surface area contributed by atoms with Crippen LogP contribution in [0.5, 0.6) is 0 Å². The molecule has 1 atom stereocenters. The molecule has 1 unspecified atom stereocenters. The summed E-state index contributed by atoms with van der Waals surface area (Å²) in [6.07, 6.45) is 7.18. The van der Waals surface area contributed by atoms with Crippen LogP contribution in [0.4, 0.5) is 0 Å². The molecule has 0 saturated carbocycles. The summed E-state index contributed by atoms with van der Waals surface area (Å²) in [6.45, 7) is 0. The quantitative estimate of drug-likeness (QED) is 0.532. The zero-order chi connectivity index (χ0) is 7.47. The highest BCUT2D eigenvalue weighted by Crippen LogP contribution is 2.42. The SMILES string of the molecule is O=C1NC=C2C=C3C=CC12O3. The molecule has 3 aliphatic heterocycles. The molecular weight excluding hydrogens is 142 g/mol. The predicted molar refractivity (Wildman–Crippen MR) is 37.3 cm³/mol. The van der Waals surface area contributed by atoms with Gasteiger partial charge in [0.25, 0.3) is 5.91 Å². The van der Waals surface area contributed by atoms with Gasteiger partial charge < -0.3 is 10.1 Å². The van der Waals surface area contributed by atoms with Crippen molar-refractivity contribution in [2.24, 2.45) is 0 Å². The lowest BCUT2D eigenvalue weighted by Gasteiger charge is -2.15. The Hall–Kier alpha value is -1.51. The van der Waals surface area contributed by atoms with Gasteiger partial charge in [-0.1, -0.05) is 0 Å². The Balaban J connectivity index is 2.30. The smallest absolute Gasteiger partial charge is 0.277 e. The average molecular weight is 147 g/mol. The fraction of sp³-hybridized carbons (Fsp3) is 0.125. The molecule has 3 nitrogen and oxygen atoms in total. The van der Waals surface area contributed by atoms with Gasteiger partial charge in [0.05, 0.1) is 0 Å². The third-order valence-corrected chi connectivity index (χ3v) is 2.18. The maximum atomic E-state index is 11.3. The summed E-state index contributed by atoms with van der Waals surface area (Å²) in [4.78, 5) is 11.3. The van der Waals surface area contributed by atoms with Gasteiger partial charge in [-0.2, -0.15) is 0 Å². The zero-order valence-electron chi connectivity index (χ0n) is 5.63. The number of fused-ring (bicyclic) bond motifs is 1. The third-order valence-electron chi connectivity index (χ3n) is 2.18. The van der Waals surface area contributed by atoms with E-state index in [4.69, 9.17) is 4.74 Å². The number of amides is 1. The molecule has 0 saturated heterocycles. The minimum absolute atomic E-state index is 0.0903. The molecule has 3 heterocycles. The van der Waals surface area contributed by atoms with E-state index in [9.17, 15) is 4.79 Å². The van der Waals surface area contributed by atoms with Crippen molar-refractivity contribution in [3.63, 3.8) is 0 Å². The molecule has 2 bridgehead atoms. The van der Waals surface area contributed by atoms with Crippen LogP contribution in [0, 0.1) is 0 Å². The summed E-state index contributed by atoms with van der Waals surface area (Å²) < 4.78 is 5.37. The van der Waals surface area contributed by atoms with E-state index in [1.54, 1.807) is 12.3 Å². The molecule has 3 heteroatoms. The molecule has 0 aromatic rings. The van der Waals surface area contributed by atoms with E-state index in [0.717, 1.165) is 11.3 Å². The zero-order valence-corrected chi connectivity index (χ0v) is 5.63. The van der Waals surface area contributed by atoms with Gasteiger partial charge in [-0.3, -0.25) is 4.79 Å². The first-order valence-corrected chi connectivity index (χ1v) is 3.43. The van der Waals surface area contributed by atoms with Crippen molar-refractivity contribution in [3.8, 4) is 0 Å². The van der Waals surface area contributed by atoms with Crippen molar-refractivity contribution in [1.29, 1.82) is 0 Å². The lowest BCUT2D eigenvalue weighted by atomic mass is 9.95. The summed E-state index contributed by atoms with van der Waals surface area (Å²) in [5, 5.41) is 2.62. The fourth-order valence-electron chi connectivity index (χ4n) is 1.60. The highest BCUT2D eigenvalue weighted by molar-refractivity contribution is 5.98. The molecule has 1 N–H and O–H groups in total. The molecule has 54 valence electrons. The second-order valence-corrected chi connectivity index (χ2v) is 2.79. The molecule has 0 aliphatic carbocycles. The van der Waals surface area contributed by atoms with Crippen molar-refractivity contribution in [2.45, 2.75) is 5.60 Å².